The molecule has 108 valence electrons. The molecule has 0 radical (unpaired) electrons. The zero-order valence-corrected chi connectivity index (χ0v) is 12.9. The number of benzene rings is 1. The van der Waals surface area contributed by atoms with Gasteiger partial charge in [0.2, 0.25) is 5.91 Å². The maximum atomic E-state index is 12.2. The molecule has 0 aromatic heterocycles. The quantitative estimate of drug-likeness (QED) is 0.823. The molecule has 2 rings (SSSR count). The molecular formula is C14H17BrN2O3. The predicted molar refractivity (Wildman–Crippen MR) is 78.8 cm³/mol. The largest absolute Gasteiger partial charge is 0.496 e. The number of ketones is 1. The van der Waals surface area contributed by atoms with Crippen LogP contribution in [0, 0.1) is 5.92 Å². The maximum absolute atomic E-state index is 12.2. The van der Waals surface area contributed by atoms with Gasteiger partial charge in [0, 0.05) is 12.1 Å². The van der Waals surface area contributed by atoms with Crippen LogP contribution in [0.4, 0.5) is 0 Å². The Morgan fingerprint density at radius 1 is 1.50 bits per heavy atom. The van der Waals surface area contributed by atoms with E-state index in [9.17, 15) is 9.59 Å². The lowest BCUT2D eigenvalue weighted by atomic mass is 10.1. The fourth-order valence-electron chi connectivity index (χ4n) is 2.34. The number of halogens is 1. The number of ether oxygens (including phenoxy) is 1. The average Bonchev–Trinajstić information content (AvgIpc) is 2.87. The van der Waals surface area contributed by atoms with E-state index < -0.39 is 0 Å². The number of nitrogens with zero attached hydrogens (tertiary/aromatic N) is 1. The van der Waals surface area contributed by atoms with E-state index in [1.807, 2.05) is 4.90 Å². The van der Waals surface area contributed by atoms with E-state index in [1.165, 1.54) is 0 Å². The number of amides is 1. The zero-order valence-electron chi connectivity index (χ0n) is 11.3. The summed E-state index contributed by atoms with van der Waals surface area (Å²) < 4.78 is 5.89. The molecule has 1 aromatic rings. The van der Waals surface area contributed by atoms with Crippen LogP contribution in [0.1, 0.15) is 16.8 Å². The van der Waals surface area contributed by atoms with E-state index in [4.69, 9.17) is 10.5 Å². The predicted octanol–water partition coefficient (Wildman–Crippen LogP) is 1.45. The number of primary amides is 1. The number of Topliss-reactive ketones (excluding diaryl/α,β-unsaturated/α-hetero) is 1. The monoisotopic (exact) mass is 340 g/mol. The second kappa shape index (κ2) is 6.37. The minimum absolute atomic E-state index is 0.0264. The lowest BCUT2D eigenvalue weighted by Crippen LogP contribution is -2.31. The molecule has 1 atom stereocenters. The van der Waals surface area contributed by atoms with Crippen LogP contribution < -0.4 is 10.5 Å². The highest BCUT2D eigenvalue weighted by atomic mass is 79.9. The van der Waals surface area contributed by atoms with Crippen LogP contribution in [0.5, 0.6) is 5.75 Å². The van der Waals surface area contributed by atoms with Gasteiger partial charge in [-0.1, -0.05) is 0 Å². The highest BCUT2D eigenvalue weighted by Crippen LogP contribution is 2.26. The Bertz CT molecular complexity index is 533. The summed E-state index contributed by atoms with van der Waals surface area (Å²) in [4.78, 5) is 25.3. The van der Waals surface area contributed by atoms with Crippen molar-refractivity contribution in [3.63, 3.8) is 0 Å². The molecule has 2 N–H and O–H groups in total. The van der Waals surface area contributed by atoms with Gasteiger partial charge in [-0.2, -0.15) is 0 Å². The van der Waals surface area contributed by atoms with Crippen molar-refractivity contribution in [1.29, 1.82) is 0 Å². The first-order chi connectivity index (χ1) is 9.51. The van der Waals surface area contributed by atoms with Gasteiger partial charge < -0.3 is 10.5 Å². The van der Waals surface area contributed by atoms with E-state index >= 15 is 0 Å². The van der Waals surface area contributed by atoms with Crippen LogP contribution in [0.3, 0.4) is 0 Å². The number of rotatable bonds is 5. The fraction of sp³-hybridized carbons (Fsp3) is 0.429. The first kappa shape index (κ1) is 15.0. The molecule has 1 fully saturated rings. The molecule has 5 nitrogen and oxygen atoms in total. The normalized spacial score (nSPS) is 19.0. The second-order valence-electron chi connectivity index (χ2n) is 4.90. The third-order valence-corrected chi connectivity index (χ3v) is 4.14. The summed E-state index contributed by atoms with van der Waals surface area (Å²) in [5.41, 5.74) is 5.91. The highest BCUT2D eigenvalue weighted by molar-refractivity contribution is 9.10. The maximum Gasteiger partial charge on any atom is 0.221 e. The summed E-state index contributed by atoms with van der Waals surface area (Å²) in [5, 5.41) is 0. The summed E-state index contributed by atoms with van der Waals surface area (Å²) in [6.45, 7) is 1.61. The van der Waals surface area contributed by atoms with Gasteiger partial charge in [-0.15, -0.1) is 0 Å². The Hall–Kier alpha value is -1.40. The van der Waals surface area contributed by atoms with Gasteiger partial charge in [0.1, 0.15) is 5.75 Å². The average molecular weight is 341 g/mol. The number of carbonyl (C=O) groups excluding carboxylic acids is 2. The van der Waals surface area contributed by atoms with E-state index in [0.717, 1.165) is 17.4 Å². The van der Waals surface area contributed by atoms with Gasteiger partial charge in [0.05, 0.1) is 24.0 Å². The summed E-state index contributed by atoms with van der Waals surface area (Å²) in [5.74, 6) is 0.299. The summed E-state index contributed by atoms with van der Waals surface area (Å²) in [7, 11) is 1.58. The van der Waals surface area contributed by atoms with Gasteiger partial charge in [-0.3, -0.25) is 14.5 Å². The Morgan fingerprint density at radius 2 is 2.25 bits per heavy atom. The summed E-state index contributed by atoms with van der Waals surface area (Å²) in [6, 6.07) is 5.25. The number of hydrogen-bond acceptors (Lipinski definition) is 4. The molecule has 0 bridgehead atoms. The minimum atomic E-state index is -0.285. The van der Waals surface area contributed by atoms with Gasteiger partial charge in [0.25, 0.3) is 0 Å². The molecule has 20 heavy (non-hydrogen) atoms. The fourth-order valence-corrected chi connectivity index (χ4v) is 2.88. The zero-order chi connectivity index (χ0) is 14.7. The van der Waals surface area contributed by atoms with Crippen molar-refractivity contribution in [3.8, 4) is 5.75 Å². The van der Waals surface area contributed by atoms with Crippen molar-refractivity contribution >= 4 is 27.6 Å². The number of carbonyl (C=O) groups is 2. The topological polar surface area (TPSA) is 72.6 Å². The van der Waals surface area contributed by atoms with Crippen LogP contribution in [-0.4, -0.2) is 43.3 Å². The number of hydrogen-bond donors (Lipinski definition) is 1. The van der Waals surface area contributed by atoms with Crippen molar-refractivity contribution in [2.24, 2.45) is 11.7 Å². The summed E-state index contributed by atoms with van der Waals surface area (Å²) >= 11 is 3.36. The van der Waals surface area contributed by atoms with Crippen molar-refractivity contribution in [1.82, 2.24) is 4.90 Å². The van der Waals surface area contributed by atoms with Crippen LogP contribution in [0.15, 0.2) is 22.7 Å². The molecule has 1 amide bonds. The summed E-state index contributed by atoms with van der Waals surface area (Å²) in [6.07, 6.45) is 0.731. The molecule has 1 unspecified atom stereocenters. The molecular weight excluding hydrogens is 324 g/mol. The molecule has 1 saturated heterocycles. The van der Waals surface area contributed by atoms with Crippen molar-refractivity contribution < 1.29 is 14.3 Å². The van der Waals surface area contributed by atoms with E-state index in [1.54, 1.807) is 25.3 Å². The Kier molecular flexibility index (Phi) is 4.77. The lowest BCUT2D eigenvalue weighted by Gasteiger charge is -2.14. The second-order valence-corrected chi connectivity index (χ2v) is 5.75. The molecule has 1 aliphatic heterocycles. The van der Waals surface area contributed by atoms with Crippen LogP contribution in [0.2, 0.25) is 0 Å². The molecule has 1 heterocycles. The SMILES string of the molecule is COc1ccc(C(=O)CN2CCC(C(N)=O)C2)cc1Br. The first-order valence-corrected chi connectivity index (χ1v) is 7.19. The first-order valence-electron chi connectivity index (χ1n) is 6.39. The standard InChI is InChI=1S/C14H17BrN2O3/c1-20-13-3-2-9(6-11(13)15)12(18)8-17-5-4-10(7-17)14(16)19/h2-3,6,10H,4-5,7-8H2,1H3,(H2,16,19). The van der Waals surface area contributed by atoms with Gasteiger partial charge in [-0.05, 0) is 47.1 Å². The number of methoxy groups -OCH3 is 1. The highest BCUT2D eigenvalue weighted by Gasteiger charge is 2.27. The Labute approximate surface area is 126 Å². The molecule has 0 saturated carbocycles. The van der Waals surface area contributed by atoms with Crippen molar-refractivity contribution in [2.45, 2.75) is 6.42 Å². The smallest absolute Gasteiger partial charge is 0.221 e. The van der Waals surface area contributed by atoms with Gasteiger partial charge >= 0.3 is 0 Å². The van der Waals surface area contributed by atoms with E-state index in [2.05, 4.69) is 15.9 Å². The van der Waals surface area contributed by atoms with Gasteiger partial charge in [0.15, 0.2) is 5.78 Å². The van der Waals surface area contributed by atoms with Crippen LogP contribution in [0.25, 0.3) is 0 Å². The molecule has 1 aromatic carbocycles. The third kappa shape index (κ3) is 3.37. The van der Waals surface area contributed by atoms with Crippen LogP contribution >= 0.6 is 15.9 Å². The number of nitrogens with two attached hydrogens (primary N) is 1. The molecule has 0 aliphatic carbocycles. The van der Waals surface area contributed by atoms with E-state index in [-0.39, 0.29) is 17.6 Å². The third-order valence-electron chi connectivity index (χ3n) is 3.52. The molecule has 6 heteroatoms. The molecule has 1 aliphatic rings. The molecule has 0 spiro atoms. The van der Waals surface area contributed by atoms with E-state index in [0.29, 0.717) is 24.4 Å². The Balaban J connectivity index is 1.99. The van der Waals surface area contributed by atoms with Gasteiger partial charge in [-0.25, -0.2) is 0 Å². The van der Waals surface area contributed by atoms with Crippen LogP contribution in [-0.2, 0) is 4.79 Å². The lowest BCUT2D eigenvalue weighted by molar-refractivity contribution is -0.121. The minimum Gasteiger partial charge on any atom is -0.496 e. The van der Waals surface area contributed by atoms with Crippen molar-refractivity contribution in [2.75, 3.05) is 26.7 Å². The van der Waals surface area contributed by atoms with Crippen molar-refractivity contribution in [3.05, 3.63) is 28.2 Å². The Morgan fingerprint density at radius 3 is 2.80 bits per heavy atom. The number of likely N-dealkylation sites (tertiary alicyclic amines) is 1.